The van der Waals surface area contributed by atoms with Crippen LogP contribution in [0.25, 0.3) is 0 Å². The van der Waals surface area contributed by atoms with E-state index in [-0.39, 0.29) is 5.78 Å². The number of nitrogens with zero attached hydrogens (tertiary/aromatic N) is 1. The fraction of sp³-hybridized carbons (Fsp3) is 0.143. The second-order valence-corrected chi connectivity index (χ2v) is 2.17. The predicted octanol–water partition coefficient (Wildman–Crippen LogP) is 0.851. The van der Waals surface area contributed by atoms with E-state index in [0.717, 1.165) is 0 Å². The fourth-order valence-corrected chi connectivity index (χ4v) is 0.799. The summed E-state index contributed by atoms with van der Waals surface area (Å²) in [4.78, 5) is 14.8. The summed E-state index contributed by atoms with van der Waals surface area (Å²) in [6.07, 6.45) is 1.61. The summed E-state index contributed by atoms with van der Waals surface area (Å²) in [5.74, 6) is 0.0114. The van der Waals surface area contributed by atoms with Crippen LogP contribution in [-0.4, -0.2) is 21.0 Å². The Bertz CT molecular complexity index is 222. The summed E-state index contributed by atoms with van der Waals surface area (Å²) in [6, 6.07) is 5.60. The zero-order valence-electron chi connectivity index (χ0n) is 5.37. The zero-order valence-corrected chi connectivity index (χ0v) is 6.37. The minimum atomic E-state index is 0.0114. The molecule has 0 fully saturated rings. The molecule has 0 N–H and O–H groups in total. The molecule has 0 aliphatic heterocycles. The highest BCUT2D eigenvalue weighted by molar-refractivity contribution is 6.23. The van der Waals surface area contributed by atoms with E-state index in [1.165, 1.54) is 0 Å². The monoisotopic (exact) mass is 148 g/mol. The Morgan fingerprint density at radius 3 is 2.90 bits per heavy atom. The molecule has 2 nitrogen and oxygen atoms in total. The van der Waals surface area contributed by atoms with Crippen molar-refractivity contribution in [3.05, 3.63) is 30.1 Å². The molecule has 0 amide bonds. The first kappa shape index (κ1) is 7.15. The second kappa shape index (κ2) is 3.27. The summed E-state index contributed by atoms with van der Waals surface area (Å²) in [6.45, 7) is 0. The van der Waals surface area contributed by atoms with Crippen LogP contribution in [-0.2, 0) is 0 Å². The van der Waals surface area contributed by atoms with Crippen molar-refractivity contribution in [3.8, 4) is 0 Å². The summed E-state index contributed by atoms with van der Waals surface area (Å²) in [7, 11) is 3.11. The highest BCUT2D eigenvalue weighted by Gasteiger charge is 2.00. The van der Waals surface area contributed by atoms with Crippen LogP contribution in [0, 0.1) is 0 Å². The molecule has 0 saturated carbocycles. The van der Waals surface area contributed by atoms with Gasteiger partial charge in [-0.1, -0.05) is 6.07 Å². The second-order valence-electron chi connectivity index (χ2n) is 1.81. The average Bonchev–Trinajstić information content (AvgIpc) is 2.05. The highest BCUT2D eigenvalue weighted by atomic mass is 28.1. The van der Waals surface area contributed by atoms with Gasteiger partial charge < -0.3 is 0 Å². The van der Waals surface area contributed by atoms with Crippen molar-refractivity contribution in [2.75, 3.05) is 0 Å². The van der Waals surface area contributed by atoms with Gasteiger partial charge in [-0.3, -0.25) is 9.78 Å². The Balaban J connectivity index is 2.85. The van der Waals surface area contributed by atoms with Gasteiger partial charge in [-0.2, -0.15) is 0 Å². The Morgan fingerprint density at radius 2 is 2.40 bits per heavy atom. The van der Waals surface area contributed by atoms with Gasteiger partial charge in [-0.25, -0.2) is 0 Å². The number of Topliss-reactive ketones (excluding diaryl/α,β-unsaturated/α-hetero) is 1. The molecule has 0 aliphatic carbocycles. The van der Waals surface area contributed by atoms with Crippen LogP contribution in [0.1, 0.15) is 10.5 Å². The van der Waals surface area contributed by atoms with Gasteiger partial charge in [0, 0.05) is 22.5 Å². The highest BCUT2D eigenvalue weighted by Crippen LogP contribution is 1.96. The first-order valence-electron chi connectivity index (χ1n) is 2.93. The molecule has 0 atom stereocenters. The van der Waals surface area contributed by atoms with E-state index < -0.39 is 0 Å². The maximum Gasteiger partial charge on any atom is 0.177 e. The van der Waals surface area contributed by atoms with Crippen molar-refractivity contribution in [2.45, 2.75) is 6.04 Å². The van der Waals surface area contributed by atoms with Crippen LogP contribution >= 0.6 is 0 Å². The lowest BCUT2D eigenvalue weighted by Crippen LogP contribution is -1.99. The summed E-state index contributed by atoms with van der Waals surface area (Å²) in [5.41, 5.74) is 0.512. The molecule has 1 aromatic heterocycles. The largest absolute Gasteiger partial charge is 0.293 e. The van der Waals surface area contributed by atoms with Crippen LogP contribution in [0.5, 0.6) is 0 Å². The van der Waals surface area contributed by atoms with Crippen molar-refractivity contribution < 1.29 is 4.79 Å². The molecule has 1 rings (SSSR count). The summed E-state index contributed by atoms with van der Waals surface area (Å²) >= 11 is 0. The van der Waals surface area contributed by atoms with E-state index in [2.05, 4.69) is 15.2 Å². The Morgan fingerprint density at radius 1 is 1.60 bits per heavy atom. The fourth-order valence-electron chi connectivity index (χ4n) is 0.618. The molecule has 0 spiro atoms. The van der Waals surface area contributed by atoms with E-state index in [9.17, 15) is 4.79 Å². The number of carbonyl (C=O) groups is 1. The van der Waals surface area contributed by atoms with Gasteiger partial charge in [0.25, 0.3) is 0 Å². The standard InChI is InChI=1S/C7H6NOSi/c9-7(5-10)6-3-1-2-4-8-6/h1-4H,5H2. The van der Waals surface area contributed by atoms with Crippen LogP contribution in [0.15, 0.2) is 24.4 Å². The van der Waals surface area contributed by atoms with Crippen LogP contribution < -0.4 is 0 Å². The van der Waals surface area contributed by atoms with Crippen molar-refractivity contribution in [3.63, 3.8) is 0 Å². The van der Waals surface area contributed by atoms with Crippen LogP contribution in [0.2, 0.25) is 6.04 Å². The van der Waals surface area contributed by atoms with Crippen LogP contribution in [0.4, 0.5) is 0 Å². The normalized spacial score (nSPS) is 9.30. The average molecular weight is 148 g/mol. The van der Waals surface area contributed by atoms with Crippen molar-refractivity contribution >= 4 is 16.0 Å². The molecule has 3 heteroatoms. The lowest BCUT2D eigenvalue weighted by molar-refractivity contribution is 0.101. The van der Waals surface area contributed by atoms with Crippen molar-refractivity contribution in [1.82, 2.24) is 4.98 Å². The van der Waals surface area contributed by atoms with Crippen molar-refractivity contribution in [2.24, 2.45) is 0 Å². The topological polar surface area (TPSA) is 30.0 Å². The van der Waals surface area contributed by atoms with Gasteiger partial charge in [-0.15, -0.1) is 0 Å². The lowest BCUT2D eigenvalue weighted by Gasteiger charge is -1.92. The first-order chi connectivity index (χ1) is 4.84. The van der Waals surface area contributed by atoms with Gasteiger partial charge in [-0.05, 0) is 12.1 Å². The summed E-state index contributed by atoms with van der Waals surface area (Å²) < 4.78 is 0. The molecular formula is C7H6NOSi. The lowest BCUT2D eigenvalue weighted by atomic mass is 10.3. The third kappa shape index (κ3) is 1.51. The number of aromatic nitrogens is 1. The van der Waals surface area contributed by atoms with Gasteiger partial charge in [0.1, 0.15) is 5.69 Å². The molecular weight excluding hydrogens is 142 g/mol. The molecule has 1 heterocycles. The quantitative estimate of drug-likeness (QED) is 0.460. The van der Waals surface area contributed by atoms with Gasteiger partial charge in [0.05, 0.1) is 0 Å². The Kier molecular flexibility index (Phi) is 2.34. The SMILES string of the molecule is O=C(C[Si])c1ccccn1. The molecule has 1 aromatic rings. The van der Waals surface area contributed by atoms with Crippen molar-refractivity contribution in [1.29, 1.82) is 0 Å². The van der Waals surface area contributed by atoms with Gasteiger partial charge in [0.2, 0.25) is 0 Å². The number of hydrogen-bond acceptors (Lipinski definition) is 2. The minimum absolute atomic E-state index is 0.0114. The third-order valence-electron chi connectivity index (χ3n) is 1.11. The molecule has 0 saturated heterocycles. The van der Waals surface area contributed by atoms with Crippen LogP contribution in [0.3, 0.4) is 0 Å². The van der Waals surface area contributed by atoms with E-state index in [4.69, 9.17) is 0 Å². The number of ketones is 1. The zero-order chi connectivity index (χ0) is 7.40. The summed E-state index contributed by atoms with van der Waals surface area (Å²) in [5, 5.41) is 0. The van der Waals surface area contributed by atoms with E-state index in [1.54, 1.807) is 24.4 Å². The number of pyridine rings is 1. The molecule has 0 unspecified atom stereocenters. The molecule has 0 aromatic carbocycles. The molecule has 3 radical (unpaired) electrons. The molecule has 10 heavy (non-hydrogen) atoms. The molecule has 0 aliphatic rings. The molecule has 0 bridgehead atoms. The predicted molar refractivity (Wildman–Crippen MR) is 39.1 cm³/mol. The van der Waals surface area contributed by atoms with E-state index in [0.29, 0.717) is 11.7 Å². The maximum atomic E-state index is 10.9. The van der Waals surface area contributed by atoms with E-state index in [1.807, 2.05) is 0 Å². The number of hydrogen-bond donors (Lipinski definition) is 0. The Hall–Kier alpha value is -0.963. The number of carbonyl (C=O) groups excluding carboxylic acids is 1. The van der Waals surface area contributed by atoms with Gasteiger partial charge in [0.15, 0.2) is 5.78 Å². The smallest absolute Gasteiger partial charge is 0.177 e. The minimum Gasteiger partial charge on any atom is -0.293 e. The number of rotatable bonds is 2. The maximum absolute atomic E-state index is 10.9. The molecule has 49 valence electrons. The Labute approximate surface area is 62.7 Å². The van der Waals surface area contributed by atoms with Gasteiger partial charge >= 0.3 is 0 Å². The first-order valence-corrected chi connectivity index (χ1v) is 3.64. The van der Waals surface area contributed by atoms with E-state index >= 15 is 0 Å². The third-order valence-corrected chi connectivity index (χ3v) is 1.43.